The molecule has 0 radical (unpaired) electrons. The van der Waals surface area contributed by atoms with Gasteiger partial charge in [-0.1, -0.05) is 75.4 Å². The lowest BCUT2D eigenvalue weighted by Crippen LogP contribution is -2.33. The molecule has 3 atom stereocenters. The molecule has 6 rings (SSSR count). The summed E-state index contributed by atoms with van der Waals surface area (Å²) in [5.41, 5.74) is 0.939. The van der Waals surface area contributed by atoms with Gasteiger partial charge in [-0.3, -0.25) is 23.7 Å². The van der Waals surface area contributed by atoms with Gasteiger partial charge >= 0.3 is 11.0 Å². The number of nitrogens with one attached hydrogen (secondary N) is 1. The molecule has 1 fully saturated rings. The van der Waals surface area contributed by atoms with Crippen molar-refractivity contribution in [2.75, 3.05) is 10.2 Å². The number of hydrogen-bond acceptors (Lipinski definition) is 6. The minimum Gasteiger partial charge on any atom is -0.324 e. The Morgan fingerprint density at radius 3 is 2.40 bits per heavy atom. The number of alkyl halides is 3. The molecular weight excluding hydrogens is 667 g/mol. The number of anilines is 2. The quantitative estimate of drug-likeness (QED) is 0.244. The van der Waals surface area contributed by atoms with Gasteiger partial charge in [0.25, 0.3) is 0 Å². The second kappa shape index (κ2) is 11.1. The van der Waals surface area contributed by atoms with Gasteiger partial charge in [0, 0.05) is 21.0 Å². The van der Waals surface area contributed by atoms with E-state index in [9.17, 15) is 32.3 Å². The van der Waals surface area contributed by atoms with Crippen molar-refractivity contribution >= 4 is 68.1 Å². The Morgan fingerprint density at radius 2 is 1.70 bits per heavy atom. The Labute approximate surface area is 259 Å². The third-order valence-electron chi connectivity index (χ3n) is 7.43. The second-order valence-electron chi connectivity index (χ2n) is 10.1. The Hall–Kier alpha value is -3.68. The number of rotatable bonds is 5. The molecule has 1 N–H and O–H groups in total. The van der Waals surface area contributed by atoms with E-state index >= 15 is 0 Å². The summed E-state index contributed by atoms with van der Waals surface area (Å²) in [6.45, 7) is 1.52. The van der Waals surface area contributed by atoms with E-state index in [2.05, 4.69) is 21.2 Å². The summed E-state index contributed by atoms with van der Waals surface area (Å²) in [4.78, 5) is 55.0. The normalized spacial score (nSPS) is 19.7. The van der Waals surface area contributed by atoms with Gasteiger partial charge in [-0.2, -0.15) is 13.2 Å². The maximum atomic E-state index is 13.9. The number of carbonyl (C=O) groups excluding carboxylic acids is 3. The van der Waals surface area contributed by atoms with Crippen LogP contribution in [0.4, 0.5) is 24.5 Å². The maximum Gasteiger partial charge on any atom is 0.416 e. The highest BCUT2D eigenvalue weighted by atomic mass is 79.9. The summed E-state index contributed by atoms with van der Waals surface area (Å²) in [6.07, 6.45) is -4.66. The van der Waals surface area contributed by atoms with E-state index in [0.29, 0.717) is 21.2 Å². The van der Waals surface area contributed by atoms with Crippen molar-refractivity contribution in [2.24, 2.45) is 5.92 Å². The predicted octanol–water partition coefficient (Wildman–Crippen LogP) is 6.43. The average molecular weight is 689 g/mol. The molecule has 1 saturated heterocycles. The lowest BCUT2D eigenvalue weighted by Gasteiger charge is -2.30. The Morgan fingerprint density at radius 1 is 0.977 bits per heavy atom. The number of nitrogens with zero attached hydrogens (tertiary/aromatic N) is 2. The highest BCUT2D eigenvalue weighted by molar-refractivity contribution is 9.10. The number of amides is 3. The van der Waals surface area contributed by atoms with E-state index in [1.165, 1.54) is 10.6 Å². The van der Waals surface area contributed by atoms with Crippen LogP contribution in [0.2, 0.25) is 0 Å². The first-order valence-electron chi connectivity index (χ1n) is 13.0. The van der Waals surface area contributed by atoms with Gasteiger partial charge in [0.05, 0.1) is 22.2 Å². The first-order chi connectivity index (χ1) is 20.4. The van der Waals surface area contributed by atoms with Crippen LogP contribution in [-0.2, 0) is 27.1 Å². The molecule has 3 aromatic carbocycles. The number of hydrogen-bond donors (Lipinski definition) is 1. The summed E-state index contributed by atoms with van der Waals surface area (Å²) >= 11 is 5.29. The van der Waals surface area contributed by atoms with Crippen LogP contribution in [0, 0.1) is 12.8 Å². The van der Waals surface area contributed by atoms with Crippen LogP contribution in [0.25, 0.3) is 0 Å². The molecule has 0 aliphatic carbocycles. The number of imide groups is 1. The van der Waals surface area contributed by atoms with Crippen LogP contribution in [0.3, 0.4) is 0 Å². The fraction of sp³-hybridized carbons (Fsp3) is 0.200. The van der Waals surface area contributed by atoms with Crippen LogP contribution >= 0.6 is 39.0 Å². The fourth-order valence-electron chi connectivity index (χ4n) is 5.41. The summed E-state index contributed by atoms with van der Waals surface area (Å²) in [7, 11) is 0. The highest BCUT2D eigenvalue weighted by Crippen LogP contribution is 2.54. The molecule has 2 unspecified atom stereocenters. The Balaban J connectivity index is 1.41. The van der Waals surface area contributed by atoms with E-state index in [-0.39, 0.29) is 12.2 Å². The molecule has 13 heteroatoms. The molecule has 0 bridgehead atoms. The van der Waals surface area contributed by atoms with E-state index in [1.54, 1.807) is 36.4 Å². The number of aryl methyl sites for hydroxylation is 1. The zero-order valence-electron chi connectivity index (χ0n) is 22.2. The van der Waals surface area contributed by atoms with Gasteiger partial charge in [-0.15, -0.1) is 0 Å². The van der Waals surface area contributed by atoms with Crippen LogP contribution in [-0.4, -0.2) is 27.5 Å². The number of thiazole rings is 1. The number of aromatic nitrogens is 1. The van der Waals surface area contributed by atoms with Crippen LogP contribution in [0.1, 0.15) is 27.5 Å². The lowest BCUT2D eigenvalue weighted by molar-refractivity contribution is -0.137. The van der Waals surface area contributed by atoms with Crippen molar-refractivity contribution < 1.29 is 27.6 Å². The smallest absolute Gasteiger partial charge is 0.324 e. The molecule has 220 valence electrons. The van der Waals surface area contributed by atoms with E-state index in [1.807, 2.05) is 19.1 Å². The molecule has 4 aromatic rings. The van der Waals surface area contributed by atoms with Crippen LogP contribution < -0.4 is 15.1 Å². The summed E-state index contributed by atoms with van der Waals surface area (Å²) < 4.78 is 42.5. The minimum absolute atomic E-state index is 0.173. The minimum atomic E-state index is -4.66. The molecule has 1 aromatic heterocycles. The fourth-order valence-corrected chi connectivity index (χ4v) is 8.44. The monoisotopic (exact) mass is 687 g/mol. The van der Waals surface area contributed by atoms with Crippen LogP contribution in [0.15, 0.2) is 87.1 Å². The van der Waals surface area contributed by atoms with Gasteiger partial charge in [0.2, 0.25) is 17.7 Å². The zero-order valence-corrected chi connectivity index (χ0v) is 25.4. The number of para-hydroxylation sites is 1. The van der Waals surface area contributed by atoms with E-state index in [0.717, 1.165) is 56.2 Å². The van der Waals surface area contributed by atoms with Gasteiger partial charge in [-0.25, -0.2) is 4.90 Å². The molecular formula is C30H21BrF3N3O4S2. The van der Waals surface area contributed by atoms with Crippen molar-refractivity contribution in [3.05, 3.63) is 109 Å². The zero-order chi connectivity index (χ0) is 30.6. The molecule has 43 heavy (non-hydrogen) atoms. The largest absolute Gasteiger partial charge is 0.416 e. The van der Waals surface area contributed by atoms with Crippen molar-refractivity contribution in [3.63, 3.8) is 0 Å². The third kappa shape index (κ3) is 5.34. The van der Waals surface area contributed by atoms with Crippen molar-refractivity contribution in [2.45, 2.75) is 35.8 Å². The standard InChI is InChI=1S/C30H21BrF3N3O4S2/c1-15-5-2-3-8-20(15)35-21(38)14-36-28-25(43-29(36)41)22(16-9-11-18(31)12-10-16)23-24(42-28)27(40)37(26(23)39)19-7-4-6-17(13-19)30(32,33)34/h2-13,22-24H,14H2,1H3,(H,35,38)/t22-,23?,24?/m1/s1. The number of halogens is 4. The summed E-state index contributed by atoms with van der Waals surface area (Å²) in [6, 6.07) is 18.4. The summed E-state index contributed by atoms with van der Waals surface area (Å²) in [5.74, 6) is -3.49. The highest BCUT2D eigenvalue weighted by Gasteiger charge is 2.57. The predicted molar refractivity (Wildman–Crippen MR) is 161 cm³/mol. The molecule has 0 spiro atoms. The van der Waals surface area contributed by atoms with Gasteiger partial charge in [0.1, 0.15) is 11.8 Å². The number of fused-ring (bicyclic) bond motifs is 2. The van der Waals surface area contributed by atoms with E-state index in [4.69, 9.17) is 0 Å². The van der Waals surface area contributed by atoms with Gasteiger partial charge in [0.15, 0.2) is 0 Å². The summed E-state index contributed by atoms with van der Waals surface area (Å²) in [5, 5.41) is 2.17. The first-order valence-corrected chi connectivity index (χ1v) is 15.5. The molecule has 7 nitrogen and oxygen atoms in total. The molecule has 3 heterocycles. The number of thioether (sulfide) groups is 1. The van der Waals surface area contributed by atoms with Gasteiger partial charge < -0.3 is 5.32 Å². The van der Waals surface area contributed by atoms with Crippen molar-refractivity contribution in [1.82, 2.24) is 4.57 Å². The van der Waals surface area contributed by atoms with Crippen molar-refractivity contribution in [1.29, 1.82) is 0 Å². The lowest BCUT2D eigenvalue weighted by atomic mass is 9.83. The number of benzene rings is 3. The first kappa shape index (κ1) is 29.4. The van der Waals surface area contributed by atoms with Gasteiger partial charge in [-0.05, 0) is 54.4 Å². The molecule has 2 aliphatic rings. The number of carbonyl (C=O) groups is 3. The molecule has 3 amide bonds. The van der Waals surface area contributed by atoms with Crippen molar-refractivity contribution in [3.8, 4) is 0 Å². The van der Waals surface area contributed by atoms with Crippen LogP contribution in [0.5, 0.6) is 0 Å². The topological polar surface area (TPSA) is 88.5 Å². The molecule has 0 saturated carbocycles. The Kier molecular flexibility index (Phi) is 7.59. The van der Waals surface area contributed by atoms with E-state index < -0.39 is 51.4 Å². The maximum absolute atomic E-state index is 13.9. The molecule has 2 aliphatic heterocycles. The SMILES string of the molecule is Cc1ccccc1NC(=O)Cn1c2c(sc1=O)[C@H](c1ccc(Br)cc1)C1C(=O)N(c3cccc(C(F)(F)F)c3)C(=O)C1S2. The average Bonchev–Trinajstić information content (AvgIpc) is 3.40. The Bertz CT molecular complexity index is 1840. The third-order valence-corrected chi connectivity index (χ3v) is 10.6. The second-order valence-corrected chi connectivity index (χ2v) is 13.2.